The Kier molecular flexibility index (Phi) is 4.02. The first-order valence-electron chi connectivity index (χ1n) is 6.87. The van der Waals surface area contributed by atoms with Gasteiger partial charge in [-0.3, -0.25) is 9.59 Å². The number of furan rings is 1. The van der Waals surface area contributed by atoms with Crippen LogP contribution >= 0.6 is 15.9 Å². The molecule has 7 nitrogen and oxygen atoms in total. The summed E-state index contributed by atoms with van der Waals surface area (Å²) in [6, 6.07) is 3.36. The van der Waals surface area contributed by atoms with Gasteiger partial charge in [-0.2, -0.15) is 5.10 Å². The molecule has 0 unspecified atom stereocenters. The van der Waals surface area contributed by atoms with Gasteiger partial charge in [-0.15, -0.1) is 0 Å². The van der Waals surface area contributed by atoms with Gasteiger partial charge in [0.05, 0.1) is 18.1 Å². The zero-order chi connectivity index (χ0) is 15.7. The summed E-state index contributed by atoms with van der Waals surface area (Å²) < 4.78 is 6.92. The first-order valence-corrected chi connectivity index (χ1v) is 7.67. The van der Waals surface area contributed by atoms with Crippen LogP contribution in [0.2, 0.25) is 0 Å². The van der Waals surface area contributed by atoms with Crippen LogP contribution in [0.5, 0.6) is 0 Å². The van der Waals surface area contributed by atoms with E-state index >= 15 is 0 Å². The standard InChI is InChI=1S/C14H15BrN4O3/c1-17-14(21)12(15)10(9-16-17)18-4-6-19(7-5-18)13(20)11-3-2-8-22-11/h2-3,8-9H,4-7H2,1H3. The SMILES string of the molecule is Cn1ncc(N2CCN(C(=O)c3ccco3)CC2)c(Br)c1=O. The Hall–Kier alpha value is -2.09. The van der Waals surface area contributed by atoms with Crippen molar-refractivity contribution in [2.45, 2.75) is 0 Å². The average molecular weight is 367 g/mol. The largest absolute Gasteiger partial charge is 0.459 e. The molecule has 3 rings (SSSR count). The molecule has 1 fully saturated rings. The fourth-order valence-corrected chi connectivity index (χ4v) is 3.04. The smallest absolute Gasteiger partial charge is 0.289 e. The molecule has 0 aliphatic carbocycles. The number of hydrogen-bond donors (Lipinski definition) is 0. The van der Waals surface area contributed by atoms with Gasteiger partial charge in [0.1, 0.15) is 4.47 Å². The summed E-state index contributed by atoms with van der Waals surface area (Å²) in [7, 11) is 1.61. The number of hydrogen-bond acceptors (Lipinski definition) is 5. The molecule has 1 saturated heterocycles. The Bertz CT molecular complexity index is 733. The van der Waals surface area contributed by atoms with Crippen molar-refractivity contribution in [3.63, 3.8) is 0 Å². The Labute approximate surface area is 135 Å². The predicted molar refractivity (Wildman–Crippen MR) is 84.0 cm³/mol. The van der Waals surface area contributed by atoms with Crippen LogP contribution in [0, 0.1) is 0 Å². The first-order chi connectivity index (χ1) is 10.6. The summed E-state index contributed by atoms with van der Waals surface area (Å²) in [5.74, 6) is 0.246. The van der Waals surface area contributed by atoms with Crippen molar-refractivity contribution in [3.05, 3.63) is 45.2 Å². The lowest BCUT2D eigenvalue weighted by molar-refractivity contribution is 0.0714. The highest BCUT2D eigenvalue weighted by Crippen LogP contribution is 2.23. The second kappa shape index (κ2) is 5.96. The number of carbonyl (C=O) groups is 1. The lowest BCUT2D eigenvalue weighted by atomic mass is 10.2. The maximum Gasteiger partial charge on any atom is 0.289 e. The average Bonchev–Trinajstić information content (AvgIpc) is 3.07. The van der Waals surface area contributed by atoms with Crippen LogP contribution in [0.3, 0.4) is 0 Å². The Balaban J connectivity index is 1.71. The molecule has 1 amide bonds. The number of carbonyl (C=O) groups excluding carboxylic acids is 1. The third-order valence-corrected chi connectivity index (χ3v) is 4.44. The van der Waals surface area contributed by atoms with E-state index in [1.54, 1.807) is 30.3 Å². The minimum Gasteiger partial charge on any atom is -0.459 e. The lowest BCUT2D eigenvalue weighted by Crippen LogP contribution is -2.49. The van der Waals surface area contributed by atoms with E-state index in [0.29, 0.717) is 36.4 Å². The number of aromatic nitrogens is 2. The number of piperazine rings is 1. The van der Waals surface area contributed by atoms with Crippen molar-refractivity contribution in [3.8, 4) is 0 Å². The van der Waals surface area contributed by atoms with Crippen molar-refractivity contribution in [1.82, 2.24) is 14.7 Å². The van der Waals surface area contributed by atoms with Crippen LogP contribution in [-0.2, 0) is 7.05 Å². The zero-order valence-corrected chi connectivity index (χ0v) is 13.6. The second-order valence-electron chi connectivity index (χ2n) is 5.03. The third-order valence-electron chi connectivity index (χ3n) is 3.70. The van der Waals surface area contributed by atoms with E-state index in [1.807, 2.05) is 4.90 Å². The van der Waals surface area contributed by atoms with Gasteiger partial charge in [0.25, 0.3) is 11.5 Å². The molecular formula is C14H15BrN4O3. The number of nitrogens with zero attached hydrogens (tertiary/aromatic N) is 4. The van der Waals surface area contributed by atoms with Crippen LogP contribution in [0.1, 0.15) is 10.6 Å². The van der Waals surface area contributed by atoms with Crippen molar-refractivity contribution >= 4 is 27.5 Å². The minimum absolute atomic E-state index is 0.106. The van der Waals surface area contributed by atoms with Crippen molar-refractivity contribution in [2.75, 3.05) is 31.1 Å². The van der Waals surface area contributed by atoms with Gasteiger partial charge in [0, 0.05) is 33.2 Å². The molecule has 2 aromatic rings. The summed E-state index contributed by atoms with van der Waals surface area (Å²) in [6.45, 7) is 2.42. The molecule has 0 N–H and O–H groups in total. The summed E-state index contributed by atoms with van der Waals surface area (Å²) in [5.41, 5.74) is 0.583. The number of halogens is 1. The molecule has 116 valence electrons. The molecule has 1 aliphatic heterocycles. The maximum absolute atomic E-state index is 12.2. The van der Waals surface area contributed by atoms with E-state index in [-0.39, 0.29) is 11.5 Å². The third kappa shape index (κ3) is 2.66. The number of rotatable bonds is 2. The van der Waals surface area contributed by atoms with Gasteiger partial charge in [-0.25, -0.2) is 4.68 Å². The van der Waals surface area contributed by atoms with E-state index in [0.717, 1.165) is 5.69 Å². The maximum atomic E-state index is 12.2. The van der Waals surface area contributed by atoms with E-state index < -0.39 is 0 Å². The highest BCUT2D eigenvalue weighted by atomic mass is 79.9. The molecule has 0 atom stereocenters. The summed E-state index contributed by atoms with van der Waals surface area (Å²) in [6.07, 6.45) is 3.15. The van der Waals surface area contributed by atoms with Crippen LogP contribution in [-0.4, -0.2) is 46.8 Å². The van der Waals surface area contributed by atoms with Gasteiger partial charge in [0.2, 0.25) is 0 Å². The van der Waals surface area contributed by atoms with E-state index in [2.05, 4.69) is 21.0 Å². The van der Waals surface area contributed by atoms with Crippen LogP contribution < -0.4 is 10.5 Å². The Morgan fingerprint density at radius 1 is 1.32 bits per heavy atom. The highest BCUT2D eigenvalue weighted by Gasteiger charge is 2.25. The van der Waals surface area contributed by atoms with Gasteiger partial charge in [-0.1, -0.05) is 0 Å². The summed E-state index contributed by atoms with van der Waals surface area (Å²) in [4.78, 5) is 27.9. The summed E-state index contributed by atoms with van der Waals surface area (Å²) >= 11 is 3.33. The fraction of sp³-hybridized carbons (Fsp3) is 0.357. The van der Waals surface area contributed by atoms with E-state index in [4.69, 9.17) is 4.42 Å². The van der Waals surface area contributed by atoms with Crippen LogP contribution in [0.15, 0.2) is 38.3 Å². The van der Waals surface area contributed by atoms with Crippen molar-refractivity contribution < 1.29 is 9.21 Å². The highest BCUT2D eigenvalue weighted by molar-refractivity contribution is 9.10. The molecule has 0 spiro atoms. The minimum atomic E-state index is -0.174. The monoisotopic (exact) mass is 366 g/mol. The van der Waals surface area contributed by atoms with E-state index in [1.165, 1.54) is 10.9 Å². The quantitative estimate of drug-likeness (QED) is 0.795. The van der Waals surface area contributed by atoms with E-state index in [9.17, 15) is 9.59 Å². The molecule has 2 aromatic heterocycles. The predicted octanol–water partition coefficient (Wildman–Crippen LogP) is 1.10. The number of aryl methyl sites for hydroxylation is 1. The fourth-order valence-electron chi connectivity index (χ4n) is 2.43. The molecule has 3 heterocycles. The molecule has 0 bridgehead atoms. The lowest BCUT2D eigenvalue weighted by Gasteiger charge is -2.35. The second-order valence-corrected chi connectivity index (χ2v) is 5.82. The number of anilines is 1. The molecular weight excluding hydrogens is 352 g/mol. The molecule has 22 heavy (non-hydrogen) atoms. The van der Waals surface area contributed by atoms with Gasteiger partial charge < -0.3 is 14.2 Å². The van der Waals surface area contributed by atoms with Gasteiger partial charge >= 0.3 is 0 Å². The van der Waals surface area contributed by atoms with Crippen molar-refractivity contribution in [2.24, 2.45) is 7.05 Å². The van der Waals surface area contributed by atoms with Crippen molar-refractivity contribution in [1.29, 1.82) is 0 Å². The Morgan fingerprint density at radius 3 is 2.68 bits per heavy atom. The summed E-state index contributed by atoms with van der Waals surface area (Å²) in [5, 5.41) is 4.05. The molecule has 0 saturated carbocycles. The molecule has 1 aliphatic rings. The molecule has 0 aromatic carbocycles. The molecule has 0 radical (unpaired) electrons. The van der Waals surface area contributed by atoms with Crippen LogP contribution in [0.4, 0.5) is 5.69 Å². The number of amides is 1. The zero-order valence-electron chi connectivity index (χ0n) is 12.0. The van der Waals surface area contributed by atoms with Gasteiger partial charge in [-0.05, 0) is 28.1 Å². The Morgan fingerprint density at radius 2 is 2.05 bits per heavy atom. The molecule has 8 heteroatoms. The normalized spacial score (nSPS) is 15.2. The van der Waals surface area contributed by atoms with Gasteiger partial charge in [0.15, 0.2) is 5.76 Å². The first kappa shape index (κ1) is 14.8. The topological polar surface area (TPSA) is 71.6 Å². The van der Waals surface area contributed by atoms with Crippen LogP contribution in [0.25, 0.3) is 0 Å².